The Morgan fingerprint density at radius 1 is 1.15 bits per heavy atom. The van der Waals surface area contributed by atoms with Gasteiger partial charge in [0, 0.05) is 26.2 Å². The molecule has 1 fully saturated rings. The molecule has 2 heterocycles. The van der Waals surface area contributed by atoms with Crippen molar-refractivity contribution in [2.45, 2.75) is 19.0 Å². The summed E-state index contributed by atoms with van der Waals surface area (Å²) in [5.74, 6) is 0.479. The van der Waals surface area contributed by atoms with Crippen LogP contribution in [-0.4, -0.2) is 59.8 Å². The van der Waals surface area contributed by atoms with Crippen LogP contribution in [0, 0.1) is 0 Å². The van der Waals surface area contributed by atoms with Gasteiger partial charge in [0.25, 0.3) is 5.19 Å². The first-order valence-electron chi connectivity index (χ1n) is 8.48. The van der Waals surface area contributed by atoms with E-state index < -0.39 is 11.2 Å². The van der Waals surface area contributed by atoms with Gasteiger partial charge in [0.15, 0.2) is 0 Å². The maximum atomic E-state index is 12.6. The van der Waals surface area contributed by atoms with Crippen LogP contribution < -0.4 is 4.74 Å². The fourth-order valence-corrected chi connectivity index (χ4v) is 3.39. The van der Waals surface area contributed by atoms with Crippen LogP contribution in [0.3, 0.4) is 0 Å². The number of hydrogen-bond acceptors (Lipinski definition) is 6. The van der Waals surface area contributed by atoms with E-state index in [9.17, 15) is 13.2 Å². The maximum Gasteiger partial charge on any atom is 0.445 e. The lowest BCUT2D eigenvalue weighted by Crippen LogP contribution is -2.44. The maximum absolute atomic E-state index is 12.6. The average Bonchev–Trinajstić information content (AvgIpc) is 3.06. The number of aromatic nitrogens is 2. The fraction of sp³-hybridized carbons (Fsp3) is 0.529. The Labute approximate surface area is 154 Å². The van der Waals surface area contributed by atoms with Gasteiger partial charge in [-0.1, -0.05) is 28.6 Å². The summed E-state index contributed by atoms with van der Waals surface area (Å²) in [5, 5.41) is 5.47. The number of halogens is 3. The van der Waals surface area contributed by atoms with Crippen molar-refractivity contribution in [1.82, 2.24) is 20.0 Å². The lowest BCUT2D eigenvalue weighted by molar-refractivity contribution is -0.138. The molecule has 9 heteroatoms. The minimum absolute atomic E-state index is 0.105. The van der Waals surface area contributed by atoms with Crippen molar-refractivity contribution in [3.63, 3.8) is 0 Å². The van der Waals surface area contributed by atoms with E-state index in [0.29, 0.717) is 17.1 Å². The third kappa shape index (κ3) is 5.39. The van der Waals surface area contributed by atoms with Crippen molar-refractivity contribution in [1.29, 1.82) is 0 Å². The molecule has 1 saturated heterocycles. The zero-order valence-corrected chi connectivity index (χ0v) is 15.3. The van der Waals surface area contributed by atoms with Gasteiger partial charge in [-0.2, -0.15) is 13.2 Å². The van der Waals surface area contributed by atoms with Crippen LogP contribution in [0.5, 0.6) is 10.9 Å². The van der Waals surface area contributed by atoms with Crippen LogP contribution in [0.25, 0.3) is 0 Å². The number of hydrogen-bond donors (Lipinski definition) is 0. The number of benzene rings is 1. The Balaban J connectivity index is 1.51. The first-order valence-corrected chi connectivity index (χ1v) is 9.30. The first-order chi connectivity index (χ1) is 12.4. The van der Waals surface area contributed by atoms with Gasteiger partial charge < -0.3 is 14.5 Å². The zero-order chi connectivity index (χ0) is 18.6. The molecule has 1 aromatic heterocycles. The number of alkyl halides is 3. The molecule has 0 unspecified atom stereocenters. The molecule has 2 aromatic rings. The number of piperazine rings is 1. The third-order valence-electron chi connectivity index (χ3n) is 4.29. The summed E-state index contributed by atoms with van der Waals surface area (Å²) >= 11 is 0.397. The molecule has 0 amide bonds. The zero-order valence-electron chi connectivity index (χ0n) is 14.5. The molecule has 1 aromatic carbocycles. The SMILES string of the molecule is CN1CCN(CCCc2cccc(Oc3nnc(C(F)(F)F)s3)c2)CC1. The van der Waals surface area contributed by atoms with E-state index in [4.69, 9.17) is 4.74 Å². The smallest absolute Gasteiger partial charge is 0.430 e. The van der Waals surface area contributed by atoms with Gasteiger partial charge >= 0.3 is 6.18 Å². The Morgan fingerprint density at radius 2 is 1.92 bits per heavy atom. The van der Waals surface area contributed by atoms with Gasteiger partial charge in [-0.3, -0.25) is 0 Å². The molecule has 142 valence electrons. The van der Waals surface area contributed by atoms with Gasteiger partial charge in [-0.05, 0) is 44.1 Å². The average molecular weight is 386 g/mol. The molecule has 3 rings (SSSR count). The van der Waals surface area contributed by atoms with Crippen molar-refractivity contribution >= 4 is 11.3 Å². The van der Waals surface area contributed by atoms with Crippen molar-refractivity contribution in [2.75, 3.05) is 39.8 Å². The molecule has 26 heavy (non-hydrogen) atoms. The van der Waals surface area contributed by atoms with E-state index in [1.165, 1.54) is 0 Å². The summed E-state index contributed by atoms with van der Waals surface area (Å²) in [4.78, 5) is 4.79. The second-order valence-corrected chi connectivity index (χ2v) is 7.31. The van der Waals surface area contributed by atoms with Crippen LogP contribution in [0.15, 0.2) is 24.3 Å². The van der Waals surface area contributed by atoms with E-state index in [1.54, 1.807) is 6.07 Å². The van der Waals surface area contributed by atoms with Gasteiger partial charge in [-0.25, -0.2) is 0 Å². The Bertz CT molecular complexity index is 714. The predicted octanol–water partition coefficient (Wildman–Crippen LogP) is 3.53. The van der Waals surface area contributed by atoms with Crippen LogP contribution >= 0.6 is 11.3 Å². The summed E-state index contributed by atoms with van der Waals surface area (Å²) in [6, 6.07) is 7.39. The van der Waals surface area contributed by atoms with Gasteiger partial charge in [0.2, 0.25) is 5.01 Å². The minimum Gasteiger partial charge on any atom is -0.430 e. The first kappa shape index (κ1) is 19.1. The number of ether oxygens (including phenoxy) is 1. The van der Waals surface area contributed by atoms with Crippen molar-refractivity contribution in [3.05, 3.63) is 34.8 Å². The second-order valence-electron chi connectivity index (χ2n) is 6.37. The van der Waals surface area contributed by atoms with Crippen molar-refractivity contribution in [3.8, 4) is 10.9 Å². The Kier molecular flexibility index (Phi) is 6.10. The van der Waals surface area contributed by atoms with E-state index in [0.717, 1.165) is 51.1 Å². The van der Waals surface area contributed by atoms with Gasteiger partial charge in [-0.15, -0.1) is 5.10 Å². The van der Waals surface area contributed by atoms with Crippen LogP contribution in [0.4, 0.5) is 13.2 Å². The standard InChI is InChI=1S/C17H21F3N4OS/c1-23-8-10-24(11-9-23)7-3-5-13-4-2-6-14(12-13)25-16-22-21-15(26-16)17(18,19)20/h2,4,6,12H,3,5,7-11H2,1H3. The molecule has 0 saturated carbocycles. The number of nitrogens with zero attached hydrogens (tertiary/aromatic N) is 4. The molecule has 1 aliphatic heterocycles. The summed E-state index contributed by atoms with van der Waals surface area (Å²) in [7, 11) is 2.14. The quantitative estimate of drug-likeness (QED) is 0.760. The minimum atomic E-state index is -4.50. The Hall–Kier alpha value is -1.71. The van der Waals surface area contributed by atoms with E-state index in [-0.39, 0.29) is 5.19 Å². The number of aryl methyl sites for hydroxylation is 1. The topological polar surface area (TPSA) is 41.5 Å². The normalized spacial score (nSPS) is 16.8. The largest absolute Gasteiger partial charge is 0.445 e. The lowest BCUT2D eigenvalue weighted by Gasteiger charge is -2.32. The summed E-state index contributed by atoms with van der Waals surface area (Å²) in [6.07, 6.45) is -2.57. The highest BCUT2D eigenvalue weighted by atomic mass is 32.1. The van der Waals surface area contributed by atoms with E-state index in [2.05, 4.69) is 27.0 Å². The molecule has 0 bridgehead atoms. The molecule has 0 atom stereocenters. The fourth-order valence-electron chi connectivity index (χ4n) is 2.81. The highest BCUT2D eigenvalue weighted by Crippen LogP contribution is 2.35. The highest BCUT2D eigenvalue weighted by Gasteiger charge is 2.36. The highest BCUT2D eigenvalue weighted by molar-refractivity contribution is 7.13. The molecule has 1 aliphatic rings. The van der Waals surface area contributed by atoms with Gasteiger partial charge in [0.1, 0.15) is 5.75 Å². The predicted molar refractivity (Wildman–Crippen MR) is 93.7 cm³/mol. The molecule has 0 aliphatic carbocycles. The van der Waals surface area contributed by atoms with Gasteiger partial charge in [0.05, 0.1) is 0 Å². The second kappa shape index (κ2) is 8.32. The van der Waals surface area contributed by atoms with E-state index in [1.807, 2.05) is 18.2 Å². The molecular formula is C17H21F3N4OS. The molecule has 5 nitrogen and oxygen atoms in total. The number of likely N-dealkylation sites (N-methyl/N-ethyl adjacent to an activating group) is 1. The number of rotatable bonds is 6. The monoisotopic (exact) mass is 386 g/mol. The van der Waals surface area contributed by atoms with Crippen LogP contribution in [0.1, 0.15) is 17.0 Å². The molecule has 0 N–H and O–H groups in total. The lowest BCUT2D eigenvalue weighted by atomic mass is 10.1. The molecule has 0 radical (unpaired) electrons. The van der Waals surface area contributed by atoms with Crippen LogP contribution in [0.2, 0.25) is 0 Å². The van der Waals surface area contributed by atoms with Crippen LogP contribution in [-0.2, 0) is 12.6 Å². The summed E-state index contributed by atoms with van der Waals surface area (Å²) < 4.78 is 43.1. The summed E-state index contributed by atoms with van der Waals surface area (Å²) in [6.45, 7) is 5.44. The molecular weight excluding hydrogens is 365 g/mol. The Morgan fingerprint density at radius 3 is 2.62 bits per heavy atom. The van der Waals surface area contributed by atoms with E-state index >= 15 is 0 Å². The van der Waals surface area contributed by atoms with Crippen molar-refractivity contribution < 1.29 is 17.9 Å². The third-order valence-corrected chi connectivity index (χ3v) is 5.13. The van der Waals surface area contributed by atoms with Crippen molar-refractivity contribution in [2.24, 2.45) is 0 Å². The summed E-state index contributed by atoms with van der Waals surface area (Å²) in [5.41, 5.74) is 1.09. The molecule has 0 spiro atoms.